The molecule has 1 amide bonds. The summed E-state index contributed by atoms with van der Waals surface area (Å²) in [6, 6.07) is 8.66. The van der Waals surface area contributed by atoms with Crippen LogP contribution in [-0.4, -0.2) is 61.5 Å². The number of halogens is 5. The minimum absolute atomic E-state index is 0.00302. The van der Waals surface area contributed by atoms with Crippen LogP contribution in [-0.2, 0) is 9.53 Å². The van der Waals surface area contributed by atoms with Gasteiger partial charge in [0, 0.05) is 37.3 Å². The number of amides is 1. The number of carbonyl (C=O) groups is 1. The molecule has 12 heteroatoms. The Morgan fingerprint density at radius 3 is 2.46 bits per heavy atom. The van der Waals surface area contributed by atoms with Crippen LogP contribution in [0.15, 0.2) is 58.0 Å². The third kappa shape index (κ3) is 5.13. The molecule has 3 aromatic rings. The quantitative estimate of drug-likeness (QED) is 0.440. The molecule has 0 aliphatic carbocycles. The molecular weight excluding hydrogens is 540 g/mol. The first-order chi connectivity index (χ1) is 18.6. The van der Waals surface area contributed by atoms with E-state index in [9.17, 15) is 13.6 Å². The van der Waals surface area contributed by atoms with Crippen LogP contribution < -0.4 is 10.3 Å². The largest absolute Gasteiger partial charge is 0.449 e. The number of morpholine rings is 1. The summed E-state index contributed by atoms with van der Waals surface area (Å²) in [4.78, 5) is 16.1. The van der Waals surface area contributed by atoms with Crippen LogP contribution in [0.25, 0.3) is 0 Å². The Morgan fingerprint density at radius 1 is 1.10 bits per heavy atom. The molecule has 3 atom stereocenters. The molecule has 206 valence electrons. The molecule has 2 aromatic carbocycles. The van der Waals surface area contributed by atoms with Crippen LogP contribution in [0.3, 0.4) is 0 Å². The zero-order chi connectivity index (χ0) is 27.9. The van der Waals surface area contributed by atoms with E-state index in [4.69, 9.17) is 20.8 Å². The first-order valence-electron chi connectivity index (χ1n) is 12.2. The number of ether oxygens (including phenoxy) is 1. The van der Waals surface area contributed by atoms with Crippen molar-refractivity contribution in [2.24, 2.45) is 5.10 Å². The Hall–Kier alpha value is -3.41. The van der Waals surface area contributed by atoms with E-state index < -0.39 is 40.6 Å². The summed E-state index contributed by atoms with van der Waals surface area (Å²) >= 11 is 6.06. The predicted molar refractivity (Wildman–Crippen MR) is 137 cm³/mol. The minimum atomic E-state index is -1.77. The number of furan rings is 1. The van der Waals surface area contributed by atoms with E-state index in [-0.39, 0.29) is 40.6 Å². The maximum Gasteiger partial charge on any atom is 0.249 e. The van der Waals surface area contributed by atoms with Gasteiger partial charge in [-0.2, -0.15) is 5.10 Å². The van der Waals surface area contributed by atoms with Crippen LogP contribution in [0, 0.1) is 23.3 Å². The molecular formula is C27H25ClF4N4O3. The highest BCUT2D eigenvalue weighted by Gasteiger charge is 2.57. The highest BCUT2D eigenvalue weighted by molar-refractivity contribution is 6.28. The topological polar surface area (TPSA) is 70.3 Å². The van der Waals surface area contributed by atoms with Gasteiger partial charge in [0.15, 0.2) is 16.6 Å². The van der Waals surface area contributed by atoms with E-state index in [1.54, 1.807) is 0 Å². The Bertz CT molecular complexity index is 1430. The van der Waals surface area contributed by atoms with Crippen LogP contribution in [0.1, 0.15) is 24.2 Å². The van der Waals surface area contributed by atoms with Gasteiger partial charge in [0.2, 0.25) is 5.91 Å². The normalized spacial score (nSPS) is 23.7. The second-order valence-corrected chi connectivity index (χ2v) is 10.1. The molecule has 3 heterocycles. The molecule has 0 saturated carbocycles. The number of anilines is 1. The predicted octanol–water partition coefficient (Wildman–Crippen LogP) is 4.70. The van der Waals surface area contributed by atoms with Gasteiger partial charge >= 0.3 is 0 Å². The van der Waals surface area contributed by atoms with Crippen LogP contribution in [0.5, 0.6) is 0 Å². The number of carbonyl (C=O) groups excluding carboxylic acids is 1. The molecule has 1 fully saturated rings. The lowest BCUT2D eigenvalue weighted by atomic mass is 9.78. The standard InChI is InChI=1S/C27H25ClF4N4O3/c1-27(26(37)33-13-17-14-35(2)9-10-38-17)24(22-7-8-23(28)39-22)25(18-5-3-15(29)11-19(18)31)34-36(27)21-6-4-16(30)12-20(21)32/h3-8,11-12,17,24H,9-10,13-14H2,1-2H3,(H,33,37)/t17-,24?,27?/m1/s1. The van der Waals surface area contributed by atoms with Crippen molar-refractivity contribution in [2.45, 2.75) is 24.5 Å². The van der Waals surface area contributed by atoms with E-state index >= 15 is 8.78 Å². The Morgan fingerprint density at radius 2 is 1.82 bits per heavy atom. The maximum atomic E-state index is 15.1. The number of hydrogen-bond donors (Lipinski definition) is 1. The second-order valence-electron chi connectivity index (χ2n) is 9.70. The van der Waals surface area contributed by atoms with Crippen LogP contribution in [0.2, 0.25) is 5.22 Å². The lowest BCUT2D eigenvalue weighted by Crippen LogP contribution is -2.58. The third-order valence-electron chi connectivity index (χ3n) is 7.00. The Balaban J connectivity index is 1.63. The first-order valence-corrected chi connectivity index (χ1v) is 12.6. The molecule has 2 unspecified atom stereocenters. The highest BCUT2D eigenvalue weighted by Crippen LogP contribution is 2.46. The molecule has 0 spiro atoms. The second kappa shape index (κ2) is 10.6. The Labute approximate surface area is 227 Å². The number of rotatable bonds is 6. The van der Waals surface area contributed by atoms with Gasteiger partial charge in [-0.15, -0.1) is 0 Å². The number of nitrogens with one attached hydrogen (secondary N) is 1. The number of likely N-dealkylation sites (N-methyl/N-ethyl adjacent to an activating group) is 1. The molecule has 1 aromatic heterocycles. The molecule has 1 N–H and O–H groups in total. The summed E-state index contributed by atoms with van der Waals surface area (Å²) < 4.78 is 69.3. The zero-order valence-corrected chi connectivity index (χ0v) is 21.8. The summed E-state index contributed by atoms with van der Waals surface area (Å²) in [6.07, 6.45) is -0.305. The summed E-state index contributed by atoms with van der Waals surface area (Å²) in [6.45, 7) is 3.43. The lowest BCUT2D eigenvalue weighted by Gasteiger charge is -2.37. The van der Waals surface area contributed by atoms with E-state index in [1.165, 1.54) is 25.1 Å². The molecule has 0 radical (unpaired) electrons. The summed E-state index contributed by atoms with van der Waals surface area (Å²) in [5, 5.41) is 8.41. The molecule has 1 saturated heterocycles. The monoisotopic (exact) mass is 564 g/mol. The zero-order valence-electron chi connectivity index (χ0n) is 21.1. The maximum absolute atomic E-state index is 15.1. The third-order valence-corrected chi connectivity index (χ3v) is 7.20. The summed E-state index contributed by atoms with van der Waals surface area (Å²) in [5.74, 6) is -5.19. The fourth-order valence-electron chi connectivity index (χ4n) is 5.02. The van der Waals surface area contributed by atoms with Gasteiger partial charge in [-0.3, -0.25) is 4.79 Å². The fourth-order valence-corrected chi connectivity index (χ4v) is 5.17. The van der Waals surface area contributed by atoms with Gasteiger partial charge in [-0.1, -0.05) is 0 Å². The van der Waals surface area contributed by atoms with E-state index in [0.717, 1.165) is 29.8 Å². The number of hydrogen-bond acceptors (Lipinski definition) is 6. The van der Waals surface area contributed by atoms with Crippen molar-refractivity contribution in [3.8, 4) is 0 Å². The van der Waals surface area contributed by atoms with Gasteiger partial charge in [-0.05, 0) is 62.0 Å². The fraction of sp³-hybridized carbons (Fsp3) is 0.333. The average Bonchev–Trinajstić information content (AvgIpc) is 3.43. The van der Waals surface area contributed by atoms with Crippen molar-refractivity contribution in [2.75, 3.05) is 38.3 Å². The smallest absolute Gasteiger partial charge is 0.249 e. The summed E-state index contributed by atoms with van der Waals surface area (Å²) in [5.41, 5.74) is -2.16. The van der Waals surface area contributed by atoms with Crippen molar-refractivity contribution in [1.82, 2.24) is 10.2 Å². The van der Waals surface area contributed by atoms with E-state index in [2.05, 4.69) is 15.3 Å². The Kier molecular flexibility index (Phi) is 7.41. The molecule has 5 rings (SSSR count). The van der Waals surface area contributed by atoms with E-state index in [0.29, 0.717) is 25.3 Å². The SMILES string of the molecule is CN1CCO[C@H](CNC(=O)C2(C)C(c3ccc(Cl)o3)C(c3ccc(F)cc3F)=NN2c2ccc(F)cc2F)C1. The van der Waals surface area contributed by atoms with Gasteiger partial charge in [0.05, 0.1) is 30.0 Å². The van der Waals surface area contributed by atoms with Gasteiger partial charge in [-0.25, -0.2) is 22.6 Å². The number of nitrogens with zero attached hydrogens (tertiary/aromatic N) is 3. The van der Waals surface area contributed by atoms with Crippen LogP contribution in [0.4, 0.5) is 23.2 Å². The highest BCUT2D eigenvalue weighted by atomic mass is 35.5. The van der Waals surface area contributed by atoms with Crippen molar-refractivity contribution in [1.29, 1.82) is 0 Å². The molecule has 7 nitrogen and oxygen atoms in total. The van der Waals surface area contributed by atoms with Gasteiger partial charge in [0.1, 0.15) is 23.2 Å². The van der Waals surface area contributed by atoms with Crippen molar-refractivity contribution in [3.63, 3.8) is 0 Å². The van der Waals surface area contributed by atoms with Crippen LogP contribution >= 0.6 is 11.6 Å². The summed E-state index contributed by atoms with van der Waals surface area (Å²) in [7, 11) is 1.93. The van der Waals surface area contributed by atoms with Crippen molar-refractivity contribution in [3.05, 3.63) is 88.3 Å². The first kappa shape index (κ1) is 27.2. The molecule has 2 aliphatic rings. The average molecular weight is 565 g/mol. The molecule has 39 heavy (non-hydrogen) atoms. The van der Waals surface area contributed by atoms with E-state index in [1.807, 2.05) is 7.05 Å². The minimum Gasteiger partial charge on any atom is -0.449 e. The lowest BCUT2D eigenvalue weighted by molar-refractivity contribution is -0.127. The molecule has 2 aliphatic heterocycles. The number of benzene rings is 2. The van der Waals surface area contributed by atoms with Gasteiger partial charge < -0.3 is 19.4 Å². The number of hydrazone groups is 1. The molecule has 0 bridgehead atoms. The van der Waals surface area contributed by atoms with Crippen molar-refractivity contribution >= 4 is 28.9 Å². The van der Waals surface area contributed by atoms with Crippen molar-refractivity contribution < 1.29 is 31.5 Å². The van der Waals surface area contributed by atoms with Gasteiger partial charge in [0.25, 0.3) is 0 Å².